The molecule has 1 unspecified atom stereocenters. The van der Waals surface area contributed by atoms with Crippen LogP contribution in [0.15, 0.2) is 24.5 Å². The number of likely N-dealkylation sites (N-methyl/N-ethyl adjacent to an activating group) is 1. The van der Waals surface area contributed by atoms with Crippen LogP contribution in [0.2, 0.25) is 5.02 Å². The van der Waals surface area contributed by atoms with Gasteiger partial charge in [0.25, 0.3) is 0 Å². The fraction of sp³-hybridized carbons (Fsp3) is 0.385. The second-order valence-corrected chi connectivity index (χ2v) is 4.70. The molecule has 2 aromatic rings. The van der Waals surface area contributed by atoms with Crippen LogP contribution in [0.5, 0.6) is 0 Å². The van der Waals surface area contributed by atoms with Crippen molar-refractivity contribution in [3.8, 4) is 0 Å². The lowest BCUT2D eigenvalue weighted by atomic mass is 10.0. The highest BCUT2D eigenvalue weighted by Gasteiger charge is 2.15. The molecule has 1 atom stereocenters. The molecule has 102 valence electrons. The van der Waals surface area contributed by atoms with Crippen molar-refractivity contribution in [3.05, 3.63) is 46.8 Å². The van der Waals surface area contributed by atoms with Crippen molar-refractivity contribution in [2.75, 3.05) is 6.54 Å². The molecule has 0 aliphatic carbocycles. The maximum absolute atomic E-state index is 13.5. The number of hydrogen-bond acceptors (Lipinski definition) is 3. The predicted molar refractivity (Wildman–Crippen MR) is 72.5 cm³/mol. The van der Waals surface area contributed by atoms with Gasteiger partial charge in [-0.05, 0) is 24.2 Å². The number of rotatable bonds is 5. The first-order chi connectivity index (χ1) is 9.11. The molecule has 4 nitrogen and oxygen atoms in total. The number of nitrogens with one attached hydrogen (secondary N) is 1. The highest BCUT2D eigenvalue weighted by molar-refractivity contribution is 6.30. The van der Waals surface area contributed by atoms with E-state index in [4.69, 9.17) is 11.6 Å². The summed E-state index contributed by atoms with van der Waals surface area (Å²) < 4.78 is 15.3. The summed E-state index contributed by atoms with van der Waals surface area (Å²) in [7, 11) is 1.84. The highest BCUT2D eigenvalue weighted by atomic mass is 35.5. The second kappa shape index (κ2) is 6.12. The van der Waals surface area contributed by atoms with Crippen LogP contribution in [-0.2, 0) is 13.5 Å². The zero-order valence-electron chi connectivity index (χ0n) is 10.9. The number of nitrogens with zero attached hydrogens (tertiary/aromatic N) is 3. The monoisotopic (exact) mass is 282 g/mol. The average molecular weight is 283 g/mol. The molecule has 0 aliphatic rings. The van der Waals surface area contributed by atoms with Gasteiger partial charge in [-0.2, -0.15) is 5.10 Å². The number of halogens is 2. The fourth-order valence-corrected chi connectivity index (χ4v) is 2.09. The molecular formula is C13H16ClFN4. The minimum absolute atomic E-state index is 0.0142. The summed E-state index contributed by atoms with van der Waals surface area (Å²) in [4.78, 5) is 4.20. The molecule has 1 heterocycles. The SMILES string of the molecule is CCNC(Cc1ncnn1C)c1ccc(Cl)c(F)c1. The average Bonchev–Trinajstić information content (AvgIpc) is 2.78. The standard InChI is InChI=1S/C13H16ClFN4/c1-3-16-12(7-13-17-8-18-19(13)2)9-4-5-10(14)11(15)6-9/h4-6,8,12,16H,3,7H2,1-2H3. The molecule has 19 heavy (non-hydrogen) atoms. The van der Waals surface area contributed by atoms with Crippen LogP contribution in [0.1, 0.15) is 24.4 Å². The van der Waals surface area contributed by atoms with Crippen molar-refractivity contribution in [2.45, 2.75) is 19.4 Å². The van der Waals surface area contributed by atoms with E-state index in [-0.39, 0.29) is 11.1 Å². The summed E-state index contributed by atoms with van der Waals surface area (Å²) in [5.74, 6) is 0.446. The van der Waals surface area contributed by atoms with Gasteiger partial charge in [-0.1, -0.05) is 24.6 Å². The van der Waals surface area contributed by atoms with Crippen LogP contribution in [0, 0.1) is 5.82 Å². The summed E-state index contributed by atoms with van der Waals surface area (Å²) in [5.41, 5.74) is 0.853. The maximum Gasteiger partial charge on any atom is 0.142 e. The minimum Gasteiger partial charge on any atom is -0.310 e. The van der Waals surface area contributed by atoms with Crippen molar-refractivity contribution in [1.29, 1.82) is 0 Å². The minimum atomic E-state index is -0.403. The van der Waals surface area contributed by atoms with Gasteiger partial charge in [0.2, 0.25) is 0 Å². The number of benzene rings is 1. The number of aryl methyl sites for hydroxylation is 1. The largest absolute Gasteiger partial charge is 0.310 e. The molecule has 0 fully saturated rings. The van der Waals surface area contributed by atoms with E-state index >= 15 is 0 Å². The van der Waals surface area contributed by atoms with Crippen molar-refractivity contribution < 1.29 is 4.39 Å². The first-order valence-electron chi connectivity index (χ1n) is 6.13. The van der Waals surface area contributed by atoms with Gasteiger partial charge >= 0.3 is 0 Å². The van der Waals surface area contributed by atoms with Gasteiger partial charge in [0.05, 0.1) is 5.02 Å². The van der Waals surface area contributed by atoms with Gasteiger partial charge in [-0.25, -0.2) is 9.37 Å². The van der Waals surface area contributed by atoms with Crippen molar-refractivity contribution in [2.24, 2.45) is 7.05 Å². The molecule has 0 amide bonds. The molecule has 0 radical (unpaired) electrons. The van der Waals surface area contributed by atoms with E-state index in [1.54, 1.807) is 10.7 Å². The summed E-state index contributed by atoms with van der Waals surface area (Å²) >= 11 is 5.71. The van der Waals surface area contributed by atoms with E-state index in [9.17, 15) is 4.39 Å². The summed E-state index contributed by atoms with van der Waals surface area (Å²) in [6.07, 6.45) is 2.16. The lowest BCUT2D eigenvalue weighted by molar-refractivity contribution is 0.518. The Morgan fingerprint density at radius 3 is 2.84 bits per heavy atom. The Balaban J connectivity index is 2.24. The van der Waals surface area contributed by atoms with Crippen molar-refractivity contribution >= 4 is 11.6 Å². The van der Waals surface area contributed by atoms with Crippen LogP contribution in [0.3, 0.4) is 0 Å². The Morgan fingerprint density at radius 2 is 2.26 bits per heavy atom. The molecule has 1 N–H and O–H groups in total. The summed E-state index contributed by atoms with van der Waals surface area (Å²) in [5, 5.41) is 7.49. The van der Waals surface area contributed by atoms with Crippen molar-refractivity contribution in [3.63, 3.8) is 0 Å². The van der Waals surface area contributed by atoms with Gasteiger partial charge in [-0.3, -0.25) is 4.68 Å². The van der Waals surface area contributed by atoms with Crippen LogP contribution in [0.4, 0.5) is 4.39 Å². The molecule has 1 aromatic heterocycles. The molecule has 0 bridgehead atoms. The number of aromatic nitrogens is 3. The third-order valence-electron chi connectivity index (χ3n) is 2.99. The Morgan fingerprint density at radius 1 is 1.47 bits per heavy atom. The Hall–Kier alpha value is -1.46. The molecule has 6 heteroatoms. The Kier molecular flexibility index (Phi) is 4.50. The van der Waals surface area contributed by atoms with Crippen LogP contribution in [-0.4, -0.2) is 21.3 Å². The molecular weight excluding hydrogens is 267 g/mol. The van der Waals surface area contributed by atoms with Gasteiger partial charge in [0, 0.05) is 19.5 Å². The van der Waals surface area contributed by atoms with E-state index in [2.05, 4.69) is 15.4 Å². The topological polar surface area (TPSA) is 42.7 Å². The second-order valence-electron chi connectivity index (χ2n) is 4.29. The van der Waals surface area contributed by atoms with E-state index in [1.165, 1.54) is 12.4 Å². The fourth-order valence-electron chi connectivity index (χ4n) is 1.97. The zero-order chi connectivity index (χ0) is 13.8. The Bertz CT molecular complexity index is 555. The van der Waals surface area contributed by atoms with E-state index in [0.29, 0.717) is 6.42 Å². The van der Waals surface area contributed by atoms with E-state index in [1.807, 2.05) is 20.0 Å². The third kappa shape index (κ3) is 3.30. The molecule has 0 saturated heterocycles. The first-order valence-corrected chi connectivity index (χ1v) is 6.50. The normalized spacial score (nSPS) is 12.6. The maximum atomic E-state index is 13.5. The van der Waals surface area contributed by atoms with Gasteiger partial charge < -0.3 is 5.32 Å². The first kappa shape index (κ1) is 14.0. The van der Waals surface area contributed by atoms with E-state index in [0.717, 1.165) is 17.9 Å². The lowest BCUT2D eigenvalue weighted by Gasteiger charge is -2.18. The zero-order valence-corrected chi connectivity index (χ0v) is 11.7. The third-order valence-corrected chi connectivity index (χ3v) is 3.29. The number of hydrogen-bond donors (Lipinski definition) is 1. The molecule has 2 rings (SSSR count). The molecule has 0 spiro atoms. The predicted octanol–water partition coefficient (Wildman–Crippen LogP) is 2.50. The van der Waals surface area contributed by atoms with Gasteiger partial charge in [-0.15, -0.1) is 0 Å². The molecule has 1 aromatic carbocycles. The quantitative estimate of drug-likeness (QED) is 0.916. The molecule has 0 saturated carbocycles. The van der Waals surface area contributed by atoms with Crippen LogP contribution in [0.25, 0.3) is 0 Å². The lowest BCUT2D eigenvalue weighted by Crippen LogP contribution is -2.24. The summed E-state index contributed by atoms with van der Waals surface area (Å²) in [6, 6.07) is 4.86. The van der Waals surface area contributed by atoms with Crippen molar-refractivity contribution in [1.82, 2.24) is 20.1 Å². The van der Waals surface area contributed by atoms with E-state index < -0.39 is 5.82 Å². The highest BCUT2D eigenvalue weighted by Crippen LogP contribution is 2.22. The van der Waals surface area contributed by atoms with Gasteiger partial charge in [0.1, 0.15) is 18.0 Å². The van der Waals surface area contributed by atoms with Crippen LogP contribution >= 0.6 is 11.6 Å². The van der Waals surface area contributed by atoms with Crippen LogP contribution < -0.4 is 5.32 Å². The summed E-state index contributed by atoms with van der Waals surface area (Å²) in [6.45, 7) is 2.79. The Labute approximate surface area is 116 Å². The van der Waals surface area contributed by atoms with Gasteiger partial charge in [0.15, 0.2) is 0 Å². The smallest absolute Gasteiger partial charge is 0.142 e. The molecule has 0 aliphatic heterocycles.